The van der Waals surface area contributed by atoms with Crippen LogP contribution in [-0.2, 0) is 9.59 Å². The summed E-state index contributed by atoms with van der Waals surface area (Å²) in [6.07, 6.45) is 4.92. The third-order valence-corrected chi connectivity index (χ3v) is 5.83. The van der Waals surface area contributed by atoms with Crippen molar-refractivity contribution in [1.29, 1.82) is 0 Å². The van der Waals surface area contributed by atoms with Crippen molar-refractivity contribution in [2.75, 3.05) is 18.1 Å². The zero-order valence-corrected chi connectivity index (χ0v) is 17.4. The molecular formula is C22H22N4O3S. The van der Waals surface area contributed by atoms with Crippen LogP contribution in [0.15, 0.2) is 54.2 Å². The summed E-state index contributed by atoms with van der Waals surface area (Å²) in [5.41, 5.74) is 2.58. The van der Waals surface area contributed by atoms with E-state index in [2.05, 4.69) is 15.3 Å². The van der Waals surface area contributed by atoms with Crippen molar-refractivity contribution in [3.8, 4) is 17.0 Å². The first-order valence-corrected chi connectivity index (χ1v) is 10.7. The number of anilines is 1. The summed E-state index contributed by atoms with van der Waals surface area (Å²) >= 11 is 1.49. The number of aromatic nitrogens is 2. The van der Waals surface area contributed by atoms with Crippen molar-refractivity contribution in [2.24, 2.45) is 0 Å². The van der Waals surface area contributed by atoms with Gasteiger partial charge in [0, 0.05) is 48.1 Å². The molecule has 7 nitrogen and oxygen atoms in total. The van der Waals surface area contributed by atoms with Gasteiger partial charge in [-0.15, -0.1) is 11.3 Å². The molecule has 0 spiro atoms. The van der Waals surface area contributed by atoms with E-state index in [1.165, 1.54) is 11.3 Å². The molecule has 1 atom stereocenters. The molecule has 1 aliphatic rings. The third kappa shape index (κ3) is 4.65. The number of benzene rings is 1. The van der Waals surface area contributed by atoms with Crippen molar-refractivity contribution in [1.82, 2.24) is 15.3 Å². The molecule has 1 aliphatic heterocycles. The molecule has 1 fully saturated rings. The SMILES string of the molecule is CC(NC(=O)COc1cccc(N2CCCC2=O)c1)c1nc(-c2cccnc2)cs1. The number of hydrogen-bond donors (Lipinski definition) is 1. The summed E-state index contributed by atoms with van der Waals surface area (Å²) in [6, 6.07) is 10.9. The molecule has 1 aromatic carbocycles. The van der Waals surface area contributed by atoms with Crippen molar-refractivity contribution in [3.05, 3.63) is 59.2 Å². The average molecular weight is 423 g/mol. The molecule has 0 saturated carbocycles. The fourth-order valence-corrected chi connectivity index (χ4v) is 4.12. The Morgan fingerprint density at radius 1 is 1.33 bits per heavy atom. The second kappa shape index (κ2) is 9.04. The minimum atomic E-state index is -0.233. The van der Waals surface area contributed by atoms with Crippen LogP contribution < -0.4 is 15.0 Å². The normalized spacial score (nSPS) is 14.6. The number of ether oxygens (including phenoxy) is 1. The predicted molar refractivity (Wildman–Crippen MR) is 115 cm³/mol. The zero-order valence-electron chi connectivity index (χ0n) is 16.6. The van der Waals surface area contributed by atoms with Gasteiger partial charge in [-0.2, -0.15) is 0 Å². The van der Waals surface area contributed by atoms with E-state index in [4.69, 9.17) is 4.74 Å². The molecule has 0 radical (unpaired) electrons. The van der Waals surface area contributed by atoms with Gasteiger partial charge in [0.05, 0.1) is 11.7 Å². The van der Waals surface area contributed by atoms with Gasteiger partial charge in [-0.1, -0.05) is 6.07 Å². The number of nitrogens with one attached hydrogen (secondary N) is 1. The van der Waals surface area contributed by atoms with Crippen LogP contribution >= 0.6 is 11.3 Å². The number of pyridine rings is 1. The van der Waals surface area contributed by atoms with Crippen LogP contribution in [0.1, 0.15) is 30.8 Å². The molecule has 0 aliphatic carbocycles. The minimum Gasteiger partial charge on any atom is -0.484 e. The van der Waals surface area contributed by atoms with Gasteiger partial charge >= 0.3 is 0 Å². The lowest BCUT2D eigenvalue weighted by molar-refractivity contribution is -0.123. The van der Waals surface area contributed by atoms with Gasteiger partial charge < -0.3 is 15.0 Å². The Morgan fingerprint density at radius 3 is 3.00 bits per heavy atom. The van der Waals surface area contributed by atoms with E-state index < -0.39 is 0 Å². The Labute approximate surface area is 178 Å². The number of thiazole rings is 1. The topological polar surface area (TPSA) is 84.4 Å². The number of amides is 2. The fraction of sp³-hybridized carbons (Fsp3) is 0.273. The van der Waals surface area contributed by atoms with Crippen LogP contribution in [0.3, 0.4) is 0 Å². The van der Waals surface area contributed by atoms with Crippen LogP contribution in [-0.4, -0.2) is 34.9 Å². The maximum absolute atomic E-state index is 12.3. The summed E-state index contributed by atoms with van der Waals surface area (Å²) in [5.74, 6) is 0.444. The molecule has 3 aromatic rings. The molecule has 4 rings (SSSR count). The molecule has 1 N–H and O–H groups in total. The molecule has 1 saturated heterocycles. The van der Waals surface area contributed by atoms with Gasteiger partial charge in [0.25, 0.3) is 5.91 Å². The second-order valence-corrected chi connectivity index (χ2v) is 7.93. The van der Waals surface area contributed by atoms with Crippen LogP contribution in [0.4, 0.5) is 5.69 Å². The standard InChI is InChI=1S/C22H22N4O3S/c1-15(22-25-19(14-30-22)16-5-3-9-23-12-16)24-20(27)13-29-18-7-2-6-17(11-18)26-10-4-8-21(26)28/h2-3,5-7,9,11-12,14-15H,4,8,10,13H2,1H3,(H,24,27). The summed E-state index contributed by atoms with van der Waals surface area (Å²) in [7, 11) is 0. The lowest BCUT2D eigenvalue weighted by atomic mass is 10.2. The fourth-order valence-electron chi connectivity index (χ4n) is 3.29. The maximum Gasteiger partial charge on any atom is 0.258 e. The molecular weight excluding hydrogens is 400 g/mol. The van der Waals surface area contributed by atoms with Crippen LogP contribution in [0.25, 0.3) is 11.3 Å². The number of hydrogen-bond acceptors (Lipinski definition) is 6. The first-order valence-electron chi connectivity index (χ1n) is 9.78. The highest BCUT2D eigenvalue weighted by molar-refractivity contribution is 7.10. The van der Waals surface area contributed by atoms with Gasteiger partial charge in [0.15, 0.2) is 6.61 Å². The monoisotopic (exact) mass is 422 g/mol. The Bertz CT molecular complexity index is 1040. The summed E-state index contributed by atoms with van der Waals surface area (Å²) < 4.78 is 5.64. The Kier molecular flexibility index (Phi) is 6.04. The van der Waals surface area contributed by atoms with Crippen molar-refractivity contribution >= 4 is 28.8 Å². The summed E-state index contributed by atoms with van der Waals surface area (Å²) in [6.45, 7) is 2.50. The van der Waals surface area contributed by atoms with Crippen LogP contribution in [0.5, 0.6) is 5.75 Å². The number of carbonyl (C=O) groups excluding carboxylic acids is 2. The molecule has 3 heterocycles. The van der Waals surface area contributed by atoms with Gasteiger partial charge in [-0.25, -0.2) is 4.98 Å². The number of carbonyl (C=O) groups is 2. The number of rotatable bonds is 7. The molecule has 0 bridgehead atoms. The molecule has 30 heavy (non-hydrogen) atoms. The summed E-state index contributed by atoms with van der Waals surface area (Å²) in [4.78, 5) is 34.7. The first kappa shape index (κ1) is 20.0. The lowest BCUT2D eigenvalue weighted by Crippen LogP contribution is -2.31. The van der Waals surface area contributed by atoms with E-state index in [-0.39, 0.29) is 24.5 Å². The highest BCUT2D eigenvalue weighted by Crippen LogP contribution is 2.26. The Morgan fingerprint density at radius 2 is 2.23 bits per heavy atom. The number of nitrogens with zero attached hydrogens (tertiary/aromatic N) is 3. The van der Waals surface area contributed by atoms with E-state index in [0.29, 0.717) is 12.2 Å². The lowest BCUT2D eigenvalue weighted by Gasteiger charge is -2.17. The van der Waals surface area contributed by atoms with E-state index >= 15 is 0 Å². The highest BCUT2D eigenvalue weighted by atomic mass is 32.1. The molecule has 8 heteroatoms. The van der Waals surface area contributed by atoms with E-state index in [9.17, 15) is 9.59 Å². The molecule has 154 valence electrons. The van der Waals surface area contributed by atoms with Crippen LogP contribution in [0.2, 0.25) is 0 Å². The van der Waals surface area contributed by atoms with E-state index in [1.54, 1.807) is 29.4 Å². The average Bonchev–Trinajstić information content (AvgIpc) is 3.42. The quantitative estimate of drug-likeness (QED) is 0.629. The Hall–Kier alpha value is -3.26. The van der Waals surface area contributed by atoms with Crippen molar-refractivity contribution in [3.63, 3.8) is 0 Å². The third-order valence-electron chi connectivity index (χ3n) is 4.80. The Balaban J connectivity index is 1.32. The van der Waals surface area contributed by atoms with Gasteiger partial charge in [0.1, 0.15) is 10.8 Å². The maximum atomic E-state index is 12.3. The molecule has 2 amide bonds. The van der Waals surface area contributed by atoms with Gasteiger partial charge in [-0.3, -0.25) is 14.6 Å². The minimum absolute atomic E-state index is 0.109. The van der Waals surface area contributed by atoms with E-state index in [0.717, 1.165) is 34.9 Å². The van der Waals surface area contributed by atoms with Crippen molar-refractivity contribution in [2.45, 2.75) is 25.8 Å². The molecule has 2 aromatic heterocycles. The second-order valence-electron chi connectivity index (χ2n) is 7.04. The molecule has 1 unspecified atom stereocenters. The highest BCUT2D eigenvalue weighted by Gasteiger charge is 2.22. The zero-order chi connectivity index (χ0) is 20.9. The predicted octanol–water partition coefficient (Wildman–Crippen LogP) is 3.59. The van der Waals surface area contributed by atoms with Gasteiger partial charge in [0.2, 0.25) is 5.91 Å². The summed E-state index contributed by atoms with van der Waals surface area (Å²) in [5, 5.41) is 5.68. The first-order chi connectivity index (χ1) is 14.6. The van der Waals surface area contributed by atoms with E-state index in [1.807, 2.05) is 36.6 Å². The van der Waals surface area contributed by atoms with Crippen LogP contribution in [0, 0.1) is 0 Å². The largest absolute Gasteiger partial charge is 0.484 e. The smallest absolute Gasteiger partial charge is 0.258 e. The van der Waals surface area contributed by atoms with Crippen molar-refractivity contribution < 1.29 is 14.3 Å². The van der Waals surface area contributed by atoms with Gasteiger partial charge in [-0.05, 0) is 37.6 Å².